The van der Waals surface area contributed by atoms with E-state index in [1.54, 1.807) is 11.8 Å². The molecule has 2 amide bonds. The maximum Gasteiger partial charge on any atom is 0.313 e. The molecule has 5 rings (SSSR count). The van der Waals surface area contributed by atoms with Gasteiger partial charge in [0.05, 0.1) is 18.1 Å². The second-order valence-electron chi connectivity index (χ2n) is 10.1. The molecule has 0 bridgehead atoms. The molecule has 4 heterocycles. The number of likely N-dealkylation sites (tertiary alicyclic amines) is 1. The molecule has 0 aromatic heterocycles. The lowest BCUT2D eigenvalue weighted by Crippen LogP contribution is -2.56. The minimum Gasteiger partial charge on any atom is -0.465 e. The van der Waals surface area contributed by atoms with Crippen LogP contribution in [-0.4, -0.2) is 71.3 Å². The molecule has 1 spiro atoms. The molecule has 4 aliphatic heterocycles. The standard InChI is InChI=1S/C27H32N2O6/c1-17-9-6-10-18(2)21(17)28-13-7-12-27-19(23(31)29(14-8-15-30)22(27)24(28)32)20-25(33)34-16-5-4-11-26(20,3)35-27/h4,6-7,9-12,19-20,22,30H,5,8,13-16H2,1-3H3/t19-,20+,22?,26-,27-/m0/s1. The summed E-state index contributed by atoms with van der Waals surface area (Å²) in [6, 6.07) is 4.91. The number of hydrogen-bond donors (Lipinski definition) is 1. The molecule has 4 aliphatic rings. The van der Waals surface area contributed by atoms with Gasteiger partial charge in [0.1, 0.15) is 17.6 Å². The van der Waals surface area contributed by atoms with E-state index in [4.69, 9.17) is 9.47 Å². The van der Waals surface area contributed by atoms with Crippen molar-refractivity contribution in [2.24, 2.45) is 11.8 Å². The molecule has 1 aromatic rings. The van der Waals surface area contributed by atoms with Crippen LogP contribution < -0.4 is 4.90 Å². The highest BCUT2D eigenvalue weighted by Crippen LogP contribution is 2.57. The fraction of sp³-hybridized carbons (Fsp3) is 0.519. The number of anilines is 1. The van der Waals surface area contributed by atoms with Crippen molar-refractivity contribution in [3.05, 3.63) is 53.6 Å². The van der Waals surface area contributed by atoms with Crippen molar-refractivity contribution in [1.29, 1.82) is 0 Å². The Morgan fingerprint density at radius 1 is 1.06 bits per heavy atom. The Bertz CT molecular complexity index is 1110. The molecule has 0 aliphatic carbocycles. The Hall–Kier alpha value is -2.97. The van der Waals surface area contributed by atoms with Gasteiger partial charge in [-0.05, 0) is 44.7 Å². The number of nitrogens with zero attached hydrogens (tertiary/aromatic N) is 2. The van der Waals surface area contributed by atoms with Crippen LogP contribution in [0.15, 0.2) is 42.5 Å². The van der Waals surface area contributed by atoms with Crippen LogP contribution in [-0.2, 0) is 23.9 Å². The summed E-state index contributed by atoms with van der Waals surface area (Å²) in [4.78, 5) is 44.7. The van der Waals surface area contributed by atoms with Gasteiger partial charge in [-0.25, -0.2) is 0 Å². The number of carbonyl (C=O) groups excluding carboxylic acids is 3. The predicted octanol–water partition coefficient (Wildman–Crippen LogP) is 2.06. The predicted molar refractivity (Wildman–Crippen MR) is 129 cm³/mol. The maximum absolute atomic E-state index is 14.3. The van der Waals surface area contributed by atoms with Crippen LogP contribution in [0.4, 0.5) is 5.69 Å². The first kappa shape index (κ1) is 23.8. The highest BCUT2D eigenvalue weighted by atomic mass is 16.6. The van der Waals surface area contributed by atoms with Gasteiger partial charge >= 0.3 is 5.97 Å². The first-order valence-corrected chi connectivity index (χ1v) is 12.3. The van der Waals surface area contributed by atoms with Crippen molar-refractivity contribution in [2.45, 2.75) is 50.9 Å². The summed E-state index contributed by atoms with van der Waals surface area (Å²) in [5.41, 5.74) is 0.321. The molecule has 35 heavy (non-hydrogen) atoms. The fourth-order valence-corrected chi connectivity index (χ4v) is 6.40. The van der Waals surface area contributed by atoms with E-state index in [1.807, 2.05) is 56.4 Å². The number of para-hydroxylation sites is 1. The van der Waals surface area contributed by atoms with Gasteiger partial charge in [-0.1, -0.05) is 42.5 Å². The van der Waals surface area contributed by atoms with E-state index in [0.29, 0.717) is 19.4 Å². The minimum absolute atomic E-state index is 0.119. The van der Waals surface area contributed by atoms with Crippen molar-refractivity contribution in [3.8, 4) is 0 Å². The van der Waals surface area contributed by atoms with Gasteiger partial charge in [-0.15, -0.1) is 0 Å². The first-order valence-electron chi connectivity index (χ1n) is 12.3. The van der Waals surface area contributed by atoms with Crippen molar-refractivity contribution in [2.75, 3.05) is 31.2 Å². The topological polar surface area (TPSA) is 96.4 Å². The summed E-state index contributed by atoms with van der Waals surface area (Å²) in [5, 5.41) is 9.51. The van der Waals surface area contributed by atoms with Gasteiger partial charge in [0.25, 0.3) is 5.91 Å². The SMILES string of the molecule is Cc1cccc(C)c1N1CC=C[C@]23O[C@@]4(C)C=CCCOC(=O)[C@H]4[C@H]2C(=O)N(CCCO)C3C1=O. The van der Waals surface area contributed by atoms with E-state index >= 15 is 0 Å². The van der Waals surface area contributed by atoms with Crippen molar-refractivity contribution in [3.63, 3.8) is 0 Å². The quantitative estimate of drug-likeness (QED) is 0.524. The number of aliphatic hydroxyl groups is 1. The van der Waals surface area contributed by atoms with Gasteiger partial charge in [-0.3, -0.25) is 14.4 Å². The zero-order valence-electron chi connectivity index (χ0n) is 20.4. The number of aliphatic hydroxyl groups excluding tert-OH is 1. The summed E-state index contributed by atoms with van der Waals surface area (Å²) in [5.74, 6) is -2.82. The largest absolute Gasteiger partial charge is 0.465 e. The van der Waals surface area contributed by atoms with Crippen molar-refractivity contribution in [1.82, 2.24) is 4.90 Å². The Morgan fingerprint density at radius 2 is 1.80 bits per heavy atom. The van der Waals surface area contributed by atoms with Crippen LogP contribution in [0.5, 0.6) is 0 Å². The van der Waals surface area contributed by atoms with Crippen LogP contribution in [0.25, 0.3) is 0 Å². The van der Waals surface area contributed by atoms with E-state index in [2.05, 4.69) is 0 Å². The molecule has 1 unspecified atom stereocenters. The average Bonchev–Trinajstić information content (AvgIpc) is 3.12. The van der Waals surface area contributed by atoms with Gasteiger partial charge in [-0.2, -0.15) is 0 Å². The van der Waals surface area contributed by atoms with Crippen LogP contribution in [0, 0.1) is 25.7 Å². The second-order valence-corrected chi connectivity index (χ2v) is 10.1. The van der Waals surface area contributed by atoms with Crippen LogP contribution in [0.1, 0.15) is 30.9 Å². The van der Waals surface area contributed by atoms with E-state index in [-0.39, 0.29) is 31.6 Å². The van der Waals surface area contributed by atoms with E-state index < -0.39 is 35.0 Å². The highest BCUT2D eigenvalue weighted by Gasteiger charge is 2.74. The zero-order valence-corrected chi connectivity index (χ0v) is 20.4. The molecule has 8 nitrogen and oxygen atoms in total. The molecule has 2 fully saturated rings. The Labute approximate surface area is 205 Å². The normalized spacial score (nSPS) is 34.2. The summed E-state index contributed by atoms with van der Waals surface area (Å²) in [6.07, 6.45) is 8.33. The molecular formula is C27H32N2O6. The van der Waals surface area contributed by atoms with Crippen LogP contribution in [0.2, 0.25) is 0 Å². The van der Waals surface area contributed by atoms with Gasteiger partial charge < -0.3 is 24.4 Å². The van der Waals surface area contributed by atoms with Crippen molar-refractivity contribution >= 4 is 23.5 Å². The number of cyclic esters (lactones) is 1. The molecule has 1 aromatic carbocycles. The van der Waals surface area contributed by atoms with Gasteiger partial charge in [0.15, 0.2) is 0 Å². The third-order valence-corrected chi connectivity index (χ3v) is 7.79. The van der Waals surface area contributed by atoms with Gasteiger partial charge in [0.2, 0.25) is 5.91 Å². The molecular weight excluding hydrogens is 448 g/mol. The lowest BCUT2D eigenvalue weighted by molar-refractivity contribution is -0.159. The van der Waals surface area contributed by atoms with E-state index in [1.165, 1.54) is 4.90 Å². The Balaban J connectivity index is 1.66. The number of rotatable bonds is 4. The third kappa shape index (κ3) is 3.45. The highest BCUT2D eigenvalue weighted by molar-refractivity contribution is 6.06. The lowest BCUT2D eigenvalue weighted by Gasteiger charge is -2.38. The van der Waals surface area contributed by atoms with Crippen LogP contribution >= 0.6 is 0 Å². The first-order chi connectivity index (χ1) is 16.7. The monoisotopic (exact) mass is 480 g/mol. The Morgan fingerprint density at radius 3 is 2.51 bits per heavy atom. The second kappa shape index (κ2) is 8.60. The fourth-order valence-electron chi connectivity index (χ4n) is 6.40. The van der Waals surface area contributed by atoms with E-state index in [0.717, 1.165) is 16.8 Å². The summed E-state index contributed by atoms with van der Waals surface area (Å²) < 4.78 is 12.2. The number of hydrogen-bond acceptors (Lipinski definition) is 6. The molecule has 8 heteroatoms. The number of esters is 1. The molecule has 5 atom stereocenters. The zero-order chi connectivity index (χ0) is 25.0. The number of ether oxygens (including phenoxy) is 2. The van der Waals surface area contributed by atoms with E-state index in [9.17, 15) is 19.5 Å². The summed E-state index contributed by atoms with van der Waals surface area (Å²) in [7, 11) is 0. The number of carbonyl (C=O) groups is 3. The van der Waals surface area contributed by atoms with Gasteiger partial charge in [0, 0.05) is 25.4 Å². The molecule has 0 saturated carbocycles. The molecule has 186 valence electrons. The summed E-state index contributed by atoms with van der Waals surface area (Å²) >= 11 is 0. The van der Waals surface area contributed by atoms with Crippen LogP contribution in [0.3, 0.4) is 0 Å². The number of fused-ring (bicyclic) bond motifs is 2. The number of aryl methyl sites for hydroxylation is 2. The Kier molecular flexibility index (Phi) is 5.84. The lowest BCUT2D eigenvalue weighted by atomic mass is 9.74. The average molecular weight is 481 g/mol. The summed E-state index contributed by atoms with van der Waals surface area (Å²) in [6.45, 7) is 6.35. The maximum atomic E-state index is 14.3. The van der Waals surface area contributed by atoms with Crippen molar-refractivity contribution < 1.29 is 29.0 Å². The number of amides is 2. The smallest absolute Gasteiger partial charge is 0.313 e. The molecule has 2 saturated heterocycles. The minimum atomic E-state index is -1.32. The molecule has 0 radical (unpaired) electrons. The third-order valence-electron chi connectivity index (χ3n) is 7.79. The molecule has 1 N–H and O–H groups in total. The number of benzene rings is 1.